The Balaban J connectivity index is 2.10. The molecular weight excluding hydrogens is 353 g/mol. The lowest BCUT2D eigenvalue weighted by Gasteiger charge is -2.13. The average molecular weight is 371 g/mol. The Hall–Kier alpha value is -3.21. The van der Waals surface area contributed by atoms with Gasteiger partial charge in [0, 0.05) is 21.9 Å². The molecule has 0 spiro atoms. The van der Waals surface area contributed by atoms with Gasteiger partial charge in [-0.15, -0.1) is 0 Å². The van der Waals surface area contributed by atoms with Crippen molar-refractivity contribution in [3.05, 3.63) is 89.7 Å². The van der Waals surface area contributed by atoms with Gasteiger partial charge in [-0.05, 0) is 41.3 Å². The molecule has 0 fully saturated rings. The number of halogens is 1. The number of aliphatic hydroxyl groups is 2. The Bertz CT molecular complexity index is 1340. The van der Waals surface area contributed by atoms with E-state index in [2.05, 4.69) is 16.5 Å². The molecule has 28 heavy (non-hydrogen) atoms. The summed E-state index contributed by atoms with van der Waals surface area (Å²) in [7, 11) is 0. The zero-order valence-electron chi connectivity index (χ0n) is 15.1. The highest BCUT2D eigenvalue weighted by Crippen LogP contribution is 2.40. The number of para-hydroxylation sites is 1. The summed E-state index contributed by atoms with van der Waals surface area (Å²) in [5, 5.41) is 23.6. The van der Waals surface area contributed by atoms with E-state index in [1.54, 1.807) is 12.1 Å². The first-order chi connectivity index (χ1) is 13.7. The highest BCUT2D eigenvalue weighted by atomic mass is 19.1. The minimum absolute atomic E-state index is 0.192. The van der Waals surface area contributed by atoms with Crippen LogP contribution in [0.5, 0.6) is 0 Å². The van der Waals surface area contributed by atoms with Crippen molar-refractivity contribution >= 4 is 27.2 Å². The lowest BCUT2D eigenvalue weighted by Crippen LogP contribution is -1.95. The second-order valence-corrected chi connectivity index (χ2v) is 6.88. The van der Waals surface area contributed by atoms with Crippen LogP contribution in [0.1, 0.15) is 11.1 Å². The normalized spacial score (nSPS) is 11.7. The first-order valence-electron chi connectivity index (χ1n) is 9.18. The van der Waals surface area contributed by atoms with E-state index in [1.807, 2.05) is 36.4 Å². The number of aliphatic hydroxyl groups excluding tert-OH is 2. The molecule has 4 heteroatoms. The Morgan fingerprint density at radius 1 is 0.679 bits per heavy atom. The molecule has 2 heterocycles. The van der Waals surface area contributed by atoms with Crippen LogP contribution in [-0.2, 0) is 13.2 Å². The van der Waals surface area contributed by atoms with Crippen LogP contribution in [0.4, 0.5) is 4.39 Å². The van der Waals surface area contributed by atoms with Crippen LogP contribution in [-0.4, -0.2) is 14.6 Å². The van der Waals surface area contributed by atoms with Crippen molar-refractivity contribution in [1.29, 1.82) is 0 Å². The third kappa shape index (κ3) is 2.29. The van der Waals surface area contributed by atoms with E-state index in [0.717, 1.165) is 38.4 Å². The predicted octanol–water partition coefficient (Wildman–Crippen LogP) is 5.04. The Morgan fingerprint density at radius 3 is 1.96 bits per heavy atom. The third-order valence-electron chi connectivity index (χ3n) is 5.43. The van der Waals surface area contributed by atoms with Crippen LogP contribution in [0.2, 0.25) is 0 Å². The maximum absolute atomic E-state index is 13.5. The smallest absolute Gasteiger partial charge is 0.123 e. The van der Waals surface area contributed by atoms with Crippen molar-refractivity contribution in [2.75, 3.05) is 0 Å². The molecule has 138 valence electrons. The average Bonchev–Trinajstić information content (AvgIpc) is 3.09. The van der Waals surface area contributed by atoms with Gasteiger partial charge in [0.1, 0.15) is 5.82 Å². The second-order valence-electron chi connectivity index (χ2n) is 6.88. The van der Waals surface area contributed by atoms with Gasteiger partial charge < -0.3 is 14.6 Å². The molecule has 0 aliphatic heterocycles. The maximum Gasteiger partial charge on any atom is 0.123 e. The molecular formula is C24H18FNO2. The zero-order valence-corrected chi connectivity index (χ0v) is 15.1. The lowest BCUT2D eigenvalue weighted by atomic mass is 10.0. The van der Waals surface area contributed by atoms with E-state index in [4.69, 9.17) is 0 Å². The topological polar surface area (TPSA) is 44.9 Å². The van der Waals surface area contributed by atoms with Crippen molar-refractivity contribution in [3.8, 4) is 11.3 Å². The van der Waals surface area contributed by atoms with Crippen molar-refractivity contribution < 1.29 is 14.6 Å². The number of pyridine rings is 1. The van der Waals surface area contributed by atoms with Gasteiger partial charge >= 0.3 is 0 Å². The Labute approximate surface area is 160 Å². The minimum Gasteiger partial charge on any atom is -0.392 e. The van der Waals surface area contributed by atoms with Gasteiger partial charge in [0.05, 0.1) is 29.9 Å². The molecule has 5 rings (SSSR count). The van der Waals surface area contributed by atoms with Gasteiger partial charge in [-0.3, -0.25) is 0 Å². The SMILES string of the molecule is OCc1c(CO)c2c3ccccc3c3ccccc3n2c1-c1ccc(F)cc1. The minimum atomic E-state index is -0.312. The molecule has 0 atom stereocenters. The highest BCUT2D eigenvalue weighted by Gasteiger charge is 2.22. The van der Waals surface area contributed by atoms with Gasteiger partial charge in [0.2, 0.25) is 0 Å². The van der Waals surface area contributed by atoms with Crippen molar-refractivity contribution in [3.63, 3.8) is 0 Å². The van der Waals surface area contributed by atoms with Crippen LogP contribution in [0.3, 0.4) is 0 Å². The molecule has 2 N–H and O–H groups in total. The number of hydrogen-bond donors (Lipinski definition) is 2. The Morgan fingerprint density at radius 2 is 1.29 bits per heavy atom. The fourth-order valence-electron chi connectivity index (χ4n) is 4.26. The summed E-state index contributed by atoms with van der Waals surface area (Å²) in [6, 6.07) is 22.4. The molecule has 0 saturated heterocycles. The molecule has 3 aromatic carbocycles. The lowest BCUT2D eigenvalue weighted by molar-refractivity contribution is 0.262. The van der Waals surface area contributed by atoms with Gasteiger partial charge in [-0.2, -0.15) is 0 Å². The summed E-state index contributed by atoms with van der Waals surface area (Å²) in [5.74, 6) is -0.312. The summed E-state index contributed by atoms with van der Waals surface area (Å²) in [4.78, 5) is 0. The maximum atomic E-state index is 13.5. The summed E-state index contributed by atoms with van der Waals surface area (Å²) in [6.45, 7) is -0.407. The highest BCUT2D eigenvalue weighted by molar-refractivity contribution is 6.14. The van der Waals surface area contributed by atoms with Crippen LogP contribution >= 0.6 is 0 Å². The summed E-state index contributed by atoms with van der Waals surface area (Å²) in [6.07, 6.45) is 0. The quantitative estimate of drug-likeness (QED) is 0.437. The molecule has 2 aromatic heterocycles. The number of benzene rings is 3. The van der Waals surface area contributed by atoms with Gasteiger partial charge in [-0.1, -0.05) is 42.5 Å². The molecule has 0 amide bonds. The number of hydrogen-bond acceptors (Lipinski definition) is 2. The molecule has 0 aliphatic carbocycles. The monoisotopic (exact) mass is 371 g/mol. The van der Waals surface area contributed by atoms with Gasteiger partial charge in [0.15, 0.2) is 0 Å². The number of nitrogens with zero attached hydrogens (tertiary/aromatic N) is 1. The molecule has 3 nitrogen and oxygen atoms in total. The number of fused-ring (bicyclic) bond motifs is 6. The van der Waals surface area contributed by atoms with Gasteiger partial charge in [-0.25, -0.2) is 4.39 Å². The van der Waals surface area contributed by atoms with Crippen LogP contribution in [0.25, 0.3) is 38.4 Å². The van der Waals surface area contributed by atoms with E-state index in [0.29, 0.717) is 11.1 Å². The first kappa shape index (κ1) is 16.9. The fourth-order valence-corrected chi connectivity index (χ4v) is 4.26. The third-order valence-corrected chi connectivity index (χ3v) is 5.43. The standard InChI is InChI=1S/C24H18FNO2/c25-16-11-9-15(10-12-16)23-20(13-27)21(14-28)24-19-7-2-1-5-17(19)18-6-3-4-8-22(18)26(23)24/h1-12,27-28H,13-14H2. The van der Waals surface area contributed by atoms with E-state index in [1.165, 1.54) is 12.1 Å². The summed E-state index contributed by atoms with van der Waals surface area (Å²) < 4.78 is 15.6. The zero-order chi connectivity index (χ0) is 19.3. The molecule has 0 saturated carbocycles. The van der Waals surface area contributed by atoms with Crippen molar-refractivity contribution in [2.45, 2.75) is 13.2 Å². The summed E-state index contributed by atoms with van der Waals surface area (Å²) in [5.41, 5.74) is 4.79. The summed E-state index contributed by atoms with van der Waals surface area (Å²) >= 11 is 0. The molecule has 0 bridgehead atoms. The number of aromatic nitrogens is 1. The van der Waals surface area contributed by atoms with E-state index in [9.17, 15) is 14.6 Å². The van der Waals surface area contributed by atoms with E-state index < -0.39 is 0 Å². The van der Waals surface area contributed by atoms with Crippen LogP contribution < -0.4 is 0 Å². The second kappa shape index (κ2) is 6.44. The van der Waals surface area contributed by atoms with E-state index >= 15 is 0 Å². The van der Waals surface area contributed by atoms with Crippen molar-refractivity contribution in [1.82, 2.24) is 4.40 Å². The number of rotatable bonds is 3. The molecule has 0 unspecified atom stereocenters. The fraction of sp³-hybridized carbons (Fsp3) is 0.0833. The van der Waals surface area contributed by atoms with Gasteiger partial charge in [0.25, 0.3) is 0 Å². The molecule has 0 aliphatic rings. The first-order valence-corrected chi connectivity index (χ1v) is 9.18. The van der Waals surface area contributed by atoms with Crippen molar-refractivity contribution in [2.24, 2.45) is 0 Å². The van der Waals surface area contributed by atoms with Crippen LogP contribution in [0, 0.1) is 5.82 Å². The predicted molar refractivity (Wildman–Crippen MR) is 110 cm³/mol. The molecule has 5 aromatic rings. The van der Waals surface area contributed by atoms with E-state index in [-0.39, 0.29) is 19.0 Å². The Kier molecular flexibility index (Phi) is 3.90. The van der Waals surface area contributed by atoms with Crippen LogP contribution in [0.15, 0.2) is 72.8 Å². The largest absolute Gasteiger partial charge is 0.392 e. The molecule has 0 radical (unpaired) electrons.